The Morgan fingerprint density at radius 1 is 1.16 bits per heavy atom. The van der Waals surface area contributed by atoms with Crippen LogP contribution in [0.15, 0.2) is 60.9 Å². The topological polar surface area (TPSA) is 56.1 Å². The van der Waals surface area contributed by atoms with Gasteiger partial charge in [0.15, 0.2) is 0 Å². The summed E-state index contributed by atoms with van der Waals surface area (Å²) in [5.41, 5.74) is 2.06. The fourth-order valence-electron chi connectivity index (χ4n) is 2.36. The molecule has 0 aliphatic rings. The minimum Gasteiger partial charge on any atom is -0.494 e. The van der Waals surface area contributed by atoms with E-state index in [1.54, 1.807) is 53.5 Å². The van der Waals surface area contributed by atoms with E-state index in [0.29, 0.717) is 24.4 Å². The number of halogens is 1. The number of ether oxygens (including phenoxy) is 1. The molecule has 6 heteroatoms. The van der Waals surface area contributed by atoms with Gasteiger partial charge in [-0.15, -0.1) is 0 Å². The molecule has 128 valence electrons. The molecule has 0 saturated carbocycles. The summed E-state index contributed by atoms with van der Waals surface area (Å²) in [4.78, 5) is 12.3. The van der Waals surface area contributed by atoms with Gasteiger partial charge < -0.3 is 10.1 Å². The molecule has 1 aromatic heterocycles. The van der Waals surface area contributed by atoms with Crippen LogP contribution in [0.1, 0.15) is 22.8 Å². The van der Waals surface area contributed by atoms with E-state index in [0.717, 1.165) is 11.3 Å². The third-order valence-electron chi connectivity index (χ3n) is 3.58. The molecule has 1 amide bonds. The third kappa shape index (κ3) is 4.44. The lowest BCUT2D eigenvalue weighted by Gasteiger charge is -2.05. The highest BCUT2D eigenvalue weighted by atomic mass is 19.1. The lowest BCUT2D eigenvalue weighted by atomic mass is 10.2. The Morgan fingerprint density at radius 3 is 2.56 bits per heavy atom. The highest BCUT2D eigenvalue weighted by Crippen LogP contribution is 2.14. The molecule has 3 aromatic rings. The maximum absolute atomic E-state index is 12.9. The van der Waals surface area contributed by atoms with Crippen LogP contribution in [0.5, 0.6) is 5.75 Å². The average molecular weight is 339 g/mol. The van der Waals surface area contributed by atoms with Gasteiger partial charge in [-0.1, -0.05) is 12.1 Å². The number of aromatic nitrogens is 2. The molecular formula is C19H18FN3O2. The number of amides is 1. The van der Waals surface area contributed by atoms with Gasteiger partial charge >= 0.3 is 0 Å². The van der Waals surface area contributed by atoms with Gasteiger partial charge in [-0.25, -0.2) is 4.39 Å². The second kappa shape index (κ2) is 7.61. The van der Waals surface area contributed by atoms with Crippen LogP contribution < -0.4 is 10.1 Å². The lowest BCUT2D eigenvalue weighted by molar-refractivity contribution is 0.102. The summed E-state index contributed by atoms with van der Waals surface area (Å²) in [6.07, 6.45) is 3.31. The van der Waals surface area contributed by atoms with Crippen LogP contribution in [-0.4, -0.2) is 22.3 Å². The molecule has 0 spiro atoms. The average Bonchev–Trinajstić information content (AvgIpc) is 3.05. The molecule has 0 radical (unpaired) electrons. The monoisotopic (exact) mass is 339 g/mol. The summed E-state index contributed by atoms with van der Waals surface area (Å²) >= 11 is 0. The molecule has 0 fully saturated rings. The minimum absolute atomic E-state index is 0.218. The number of anilines is 1. The molecule has 0 atom stereocenters. The van der Waals surface area contributed by atoms with Gasteiger partial charge in [0.2, 0.25) is 0 Å². The van der Waals surface area contributed by atoms with Crippen molar-refractivity contribution in [2.75, 3.05) is 11.9 Å². The van der Waals surface area contributed by atoms with Crippen molar-refractivity contribution >= 4 is 11.6 Å². The molecule has 0 unspecified atom stereocenters. The highest BCUT2D eigenvalue weighted by molar-refractivity contribution is 6.04. The Bertz CT molecular complexity index is 842. The highest BCUT2D eigenvalue weighted by Gasteiger charge is 2.08. The molecule has 0 bridgehead atoms. The molecule has 1 N–H and O–H groups in total. The van der Waals surface area contributed by atoms with E-state index in [2.05, 4.69) is 10.4 Å². The summed E-state index contributed by atoms with van der Waals surface area (Å²) in [7, 11) is 0. The molecule has 3 rings (SSSR count). The summed E-state index contributed by atoms with van der Waals surface area (Å²) in [6, 6.07) is 13.2. The molecule has 0 aliphatic heterocycles. The molecule has 0 saturated heterocycles. The van der Waals surface area contributed by atoms with Gasteiger partial charge in [0.05, 0.1) is 25.0 Å². The first-order valence-electron chi connectivity index (χ1n) is 7.95. The standard InChI is InChI=1S/C19H18FN3O2/c1-2-25-18-9-5-15(6-10-18)19(24)22-17-11-21-23(13-17)12-14-3-7-16(20)8-4-14/h3-11,13H,2,12H2,1H3,(H,22,24). The van der Waals surface area contributed by atoms with Crippen LogP contribution in [0.3, 0.4) is 0 Å². The van der Waals surface area contributed by atoms with Gasteiger partial charge in [-0.05, 0) is 48.9 Å². The number of hydrogen-bond donors (Lipinski definition) is 1. The first-order chi connectivity index (χ1) is 12.1. The number of rotatable bonds is 6. The zero-order chi connectivity index (χ0) is 17.6. The number of nitrogens with one attached hydrogen (secondary N) is 1. The van der Waals surface area contributed by atoms with E-state index >= 15 is 0 Å². The smallest absolute Gasteiger partial charge is 0.255 e. The molecular weight excluding hydrogens is 321 g/mol. The first kappa shape index (κ1) is 16.7. The second-order valence-corrected chi connectivity index (χ2v) is 5.46. The molecule has 0 aliphatic carbocycles. The predicted octanol–water partition coefficient (Wildman–Crippen LogP) is 3.72. The Labute approximate surface area is 145 Å². The van der Waals surface area contributed by atoms with Gasteiger partial charge in [0.1, 0.15) is 11.6 Å². The Morgan fingerprint density at radius 2 is 1.88 bits per heavy atom. The van der Waals surface area contributed by atoms with Crippen molar-refractivity contribution in [2.45, 2.75) is 13.5 Å². The van der Waals surface area contributed by atoms with Crippen molar-refractivity contribution in [2.24, 2.45) is 0 Å². The Balaban J connectivity index is 1.62. The van der Waals surface area contributed by atoms with Gasteiger partial charge in [-0.3, -0.25) is 9.48 Å². The van der Waals surface area contributed by atoms with Crippen molar-refractivity contribution in [3.05, 3.63) is 77.9 Å². The summed E-state index contributed by atoms with van der Waals surface area (Å²) in [5.74, 6) is 0.239. The van der Waals surface area contributed by atoms with E-state index in [1.807, 2.05) is 6.92 Å². The van der Waals surface area contributed by atoms with Gasteiger partial charge in [-0.2, -0.15) is 5.10 Å². The maximum Gasteiger partial charge on any atom is 0.255 e. The van der Waals surface area contributed by atoms with Gasteiger partial charge in [0.25, 0.3) is 5.91 Å². The van der Waals surface area contributed by atoms with Crippen LogP contribution in [0.2, 0.25) is 0 Å². The largest absolute Gasteiger partial charge is 0.494 e. The maximum atomic E-state index is 12.9. The summed E-state index contributed by atoms with van der Waals surface area (Å²) < 4.78 is 20.0. The fraction of sp³-hybridized carbons (Fsp3) is 0.158. The van der Waals surface area contributed by atoms with Crippen molar-refractivity contribution in [3.8, 4) is 5.75 Å². The number of carbonyl (C=O) groups is 1. The van der Waals surface area contributed by atoms with Crippen molar-refractivity contribution in [3.63, 3.8) is 0 Å². The molecule has 2 aromatic carbocycles. The third-order valence-corrected chi connectivity index (χ3v) is 3.58. The number of benzene rings is 2. The van der Waals surface area contributed by atoms with E-state index in [1.165, 1.54) is 12.1 Å². The van der Waals surface area contributed by atoms with Crippen LogP contribution >= 0.6 is 0 Å². The van der Waals surface area contributed by atoms with E-state index in [-0.39, 0.29) is 11.7 Å². The first-order valence-corrected chi connectivity index (χ1v) is 7.95. The summed E-state index contributed by atoms with van der Waals surface area (Å²) in [6.45, 7) is 2.99. The zero-order valence-corrected chi connectivity index (χ0v) is 13.8. The van der Waals surface area contributed by atoms with Crippen LogP contribution in [0, 0.1) is 5.82 Å². The fourth-order valence-corrected chi connectivity index (χ4v) is 2.36. The van der Waals surface area contributed by atoms with E-state index < -0.39 is 0 Å². The normalized spacial score (nSPS) is 10.5. The quantitative estimate of drug-likeness (QED) is 0.745. The van der Waals surface area contributed by atoms with Crippen LogP contribution in [-0.2, 0) is 6.54 Å². The van der Waals surface area contributed by atoms with Gasteiger partial charge in [0, 0.05) is 11.8 Å². The van der Waals surface area contributed by atoms with E-state index in [9.17, 15) is 9.18 Å². The zero-order valence-electron chi connectivity index (χ0n) is 13.8. The van der Waals surface area contributed by atoms with Crippen molar-refractivity contribution in [1.29, 1.82) is 0 Å². The minimum atomic E-state index is -0.271. The summed E-state index contributed by atoms with van der Waals surface area (Å²) in [5, 5.41) is 7.01. The number of nitrogens with zero attached hydrogens (tertiary/aromatic N) is 2. The Hall–Kier alpha value is -3.15. The Kier molecular flexibility index (Phi) is 5.09. The number of hydrogen-bond acceptors (Lipinski definition) is 3. The van der Waals surface area contributed by atoms with E-state index in [4.69, 9.17) is 4.74 Å². The van der Waals surface area contributed by atoms with Crippen molar-refractivity contribution < 1.29 is 13.9 Å². The van der Waals surface area contributed by atoms with Crippen molar-refractivity contribution in [1.82, 2.24) is 9.78 Å². The predicted molar refractivity (Wildman–Crippen MR) is 93.3 cm³/mol. The molecule has 25 heavy (non-hydrogen) atoms. The lowest BCUT2D eigenvalue weighted by Crippen LogP contribution is -2.11. The SMILES string of the molecule is CCOc1ccc(C(=O)Nc2cnn(Cc3ccc(F)cc3)c2)cc1. The second-order valence-electron chi connectivity index (χ2n) is 5.46. The molecule has 5 nitrogen and oxygen atoms in total. The number of carbonyl (C=O) groups excluding carboxylic acids is 1. The molecule has 1 heterocycles. The van der Waals surface area contributed by atoms with Crippen LogP contribution in [0.25, 0.3) is 0 Å². The van der Waals surface area contributed by atoms with Crippen LogP contribution in [0.4, 0.5) is 10.1 Å².